The first-order valence-corrected chi connectivity index (χ1v) is 11.5. The molecule has 0 saturated carbocycles. The average molecular weight is 421 g/mol. The van der Waals surface area contributed by atoms with Gasteiger partial charge in [-0.2, -0.15) is 11.8 Å². The molecule has 0 aliphatic carbocycles. The maximum atomic E-state index is 11.5. The van der Waals surface area contributed by atoms with Crippen LogP contribution in [0.1, 0.15) is 121 Å². The number of unbranched alkanes of at least 4 members (excludes halogenated alkanes) is 9. The zero-order chi connectivity index (χ0) is 19.6. The fourth-order valence-electron chi connectivity index (χ4n) is 2.22. The van der Waals surface area contributed by atoms with Crippen molar-refractivity contribution < 1.29 is 9.53 Å². The number of ether oxygens (including phenoxy) is 1. The molecule has 28 heavy (non-hydrogen) atoms. The smallest absolute Gasteiger partial charge is 0.311 e. The van der Waals surface area contributed by atoms with Gasteiger partial charge >= 0.3 is 5.97 Å². The van der Waals surface area contributed by atoms with Crippen molar-refractivity contribution in [1.29, 1.82) is 0 Å². The van der Waals surface area contributed by atoms with Crippen LogP contribution < -0.4 is 0 Å². The maximum Gasteiger partial charge on any atom is 0.311 e. The van der Waals surface area contributed by atoms with Crippen LogP contribution in [0.3, 0.4) is 0 Å². The van der Waals surface area contributed by atoms with Crippen LogP contribution in [-0.4, -0.2) is 24.6 Å². The number of carbonyl (C=O) groups is 1. The molecule has 0 fully saturated rings. The van der Waals surface area contributed by atoms with Crippen molar-refractivity contribution in [3.05, 3.63) is 12.2 Å². The van der Waals surface area contributed by atoms with E-state index in [2.05, 4.69) is 19.8 Å². The van der Waals surface area contributed by atoms with E-state index in [1.807, 2.05) is 39.5 Å². The van der Waals surface area contributed by atoms with E-state index in [0.717, 1.165) is 12.2 Å². The van der Waals surface area contributed by atoms with Gasteiger partial charge in [0.1, 0.15) is 0 Å². The van der Waals surface area contributed by atoms with Gasteiger partial charge in [-0.25, -0.2) is 0 Å². The molecule has 0 aromatic carbocycles. The molecule has 3 heteroatoms. The van der Waals surface area contributed by atoms with Crippen LogP contribution in [-0.2, 0) is 9.53 Å². The highest BCUT2D eigenvalue weighted by Crippen LogP contribution is 2.16. The molecule has 0 atom stereocenters. The predicted molar refractivity (Wildman–Crippen MR) is 136 cm³/mol. The Bertz CT molecular complexity index is 319. The molecule has 0 spiro atoms. The highest BCUT2D eigenvalue weighted by Gasteiger charge is 2.22. The first-order chi connectivity index (χ1) is 11.8. The van der Waals surface area contributed by atoms with Gasteiger partial charge in [0.25, 0.3) is 0 Å². The van der Waals surface area contributed by atoms with E-state index in [1.54, 1.807) is 0 Å². The zero-order valence-electron chi connectivity index (χ0n) is 17.9. The first-order valence-electron chi connectivity index (χ1n) is 10.1. The van der Waals surface area contributed by atoms with Gasteiger partial charge in [-0.05, 0) is 40.4 Å². The largest absolute Gasteiger partial charge is 0.465 e. The van der Waals surface area contributed by atoms with Crippen molar-refractivity contribution in [1.82, 2.24) is 0 Å². The fraction of sp³-hybridized carbons (Fsp3) is 0.880. The van der Waals surface area contributed by atoms with Crippen molar-refractivity contribution >= 4 is 17.7 Å². The van der Waals surface area contributed by atoms with E-state index in [-0.39, 0.29) is 33.7 Å². The third-order valence-corrected chi connectivity index (χ3v) is 4.52. The van der Waals surface area contributed by atoms with Gasteiger partial charge in [0.05, 0.1) is 12.0 Å². The van der Waals surface area contributed by atoms with Crippen LogP contribution in [0, 0.1) is 5.41 Å². The Morgan fingerprint density at radius 1 is 0.857 bits per heavy atom. The summed E-state index contributed by atoms with van der Waals surface area (Å²) in [5, 5.41) is 0. The van der Waals surface area contributed by atoms with Crippen LogP contribution >= 0.6 is 11.8 Å². The number of thioether (sulfide) groups is 1. The van der Waals surface area contributed by atoms with Crippen LogP contribution in [0.15, 0.2) is 12.2 Å². The summed E-state index contributed by atoms with van der Waals surface area (Å²) in [6.45, 7) is 14.3. The number of rotatable bonds is 13. The van der Waals surface area contributed by atoms with Crippen molar-refractivity contribution in [2.75, 3.05) is 18.6 Å². The van der Waals surface area contributed by atoms with Crippen molar-refractivity contribution in [3.63, 3.8) is 0 Å². The molecule has 0 rings (SSSR count). The van der Waals surface area contributed by atoms with E-state index in [0.29, 0.717) is 6.61 Å². The number of hydrogen-bond acceptors (Lipinski definition) is 3. The van der Waals surface area contributed by atoms with E-state index >= 15 is 0 Å². The van der Waals surface area contributed by atoms with Crippen LogP contribution in [0.5, 0.6) is 0 Å². The lowest BCUT2D eigenvalue weighted by Gasteiger charge is -2.16. The molecule has 0 heterocycles. The second-order valence-corrected chi connectivity index (χ2v) is 8.82. The molecule has 0 amide bonds. The third-order valence-electron chi connectivity index (χ3n) is 3.73. The second kappa shape index (κ2) is 26.6. The summed E-state index contributed by atoms with van der Waals surface area (Å²) in [6.07, 6.45) is 15.2. The lowest BCUT2D eigenvalue weighted by atomic mass is 9.97. The Morgan fingerprint density at radius 3 is 1.54 bits per heavy atom. The standard InChI is InChI=1S/C17H34O2.C5H10S.3CH4/c1-5-6-7-8-9-10-11-12-13-14-15-19-16(18)17(2,3)4;1-5(2)4-6-3;;;/h5-15H2,1-4H3;1,4H2,2-3H3;3*1H4. The maximum absolute atomic E-state index is 11.5. The fourth-order valence-corrected chi connectivity index (χ4v) is 2.71. The Balaban J connectivity index is -0.000000171. The Labute approximate surface area is 184 Å². The summed E-state index contributed by atoms with van der Waals surface area (Å²) < 4.78 is 5.24. The molecule has 2 nitrogen and oxygen atoms in total. The minimum absolute atomic E-state index is 0. The highest BCUT2D eigenvalue weighted by atomic mass is 32.2. The molecule has 0 unspecified atom stereocenters. The van der Waals surface area contributed by atoms with Gasteiger partial charge in [-0.1, -0.05) is 99.1 Å². The van der Waals surface area contributed by atoms with Crippen molar-refractivity contribution in [2.45, 2.75) is 121 Å². The van der Waals surface area contributed by atoms with E-state index in [4.69, 9.17) is 4.74 Å². The molecule has 174 valence electrons. The molecule has 0 aromatic rings. The summed E-state index contributed by atoms with van der Waals surface area (Å²) in [4.78, 5) is 11.5. The van der Waals surface area contributed by atoms with Crippen LogP contribution in [0.2, 0.25) is 0 Å². The Morgan fingerprint density at radius 2 is 1.25 bits per heavy atom. The van der Waals surface area contributed by atoms with Crippen molar-refractivity contribution in [2.24, 2.45) is 5.41 Å². The Kier molecular flexibility index (Phi) is 36.2. The molecule has 0 N–H and O–H groups in total. The summed E-state index contributed by atoms with van der Waals surface area (Å²) in [5.41, 5.74) is 0.890. The second-order valence-electron chi connectivity index (χ2n) is 7.96. The summed E-state index contributed by atoms with van der Waals surface area (Å²) in [6, 6.07) is 0. The molecule has 0 aliphatic heterocycles. The topological polar surface area (TPSA) is 26.3 Å². The molecule has 0 bridgehead atoms. The first kappa shape index (κ1) is 38.2. The Hall–Kier alpha value is -0.440. The van der Waals surface area contributed by atoms with Crippen LogP contribution in [0.4, 0.5) is 0 Å². The molecule has 0 saturated heterocycles. The number of hydrogen-bond donors (Lipinski definition) is 0. The van der Waals surface area contributed by atoms with Gasteiger partial charge in [0, 0.05) is 5.75 Å². The molecular formula is C25H56O2S. The molecule has 0 radical (unpaired) electrons. The average Bonchev–Trinajstić information content (AvgIpc) is 2.52. The minimum atomic E-state index is -0.363. The van der Waals surface area contributed by atoms with Gasteiger partial charge in [0.2, 0.25) is 0 Å². The number of esters is 1. The minimum Gasteiger partial charge on any atom is -0.465 e. The predicted octanol–water partition coefficient (Wildman–Crippen LogP) is 9.33. The van der Waals surface area contributed by atoms with Gasteiger partial charge in [-0.3, -0.25) is 4.79 Å². The van der Waals surface area contributed by atoms with Crippen LogP contribution in [0.25, 0.3) is 0 Å². The quantitative estimate of drug-likeness (QED) is 0.169. The summed E-state index contributed by atoms with van der Waals surface area (Å²) in [7, 11) is 0. The molecule has 0 aromatic heterocycles. The normalized spacial score (nSPS) is 9.64. The lowest BCUT2D eigenvalue weighted by molar-refractivity contribution is -0.153. The SMILES string of the molecule is C.C.C.C=C(C)CSC.CCCCCCCCCCCCOC(=O)C(C)(C)C. The van der Waals surface area contributed by atoms with Gasteiger partial charge in [0.15, 0.2) is 0 Å². The highest BCUT2D eigenvalue weighted by molar-refractivity contribution is 7.98. The summed E-state index contributed by atoms with van der Waals surface area (Å²) >= 11 is 1.81. The van der Waals surface area contributed by atoms with E-state index < -0.39 is 0 Å². The van der Waals surface area contributed by atoms with Crippen molar-refractivity contribution in [3.8, 4) is 0 Å². The zero-order valence-corrected chi connectivity index (χ0v) is 18.7. The van der Waals surface area contributed by atoms with E-state index in [1.165, 1.54) is 63.4 Å². The molecular weight excluding hydrogens is 364 g/mol. The lowest BCUT2D eigenvalue weighted by Crippen LogP contribution is -2.23. The van der Waals surface area contributed by atoms with Gasteiger partial charge in [-0.15, -0.1) is 0 Å². The van der Waals surface area contributed by atoms with Gasteiger partial charge < -0.3 is 4.74 Å². The summed E-state index contributed by atoms with van der Waals surface area (Å²) in [5.74, 6) is 1.02. The third kappa shape index (κ3) is 33.2. The number of carbonyl (C=O) groups excluding carboxylic acids is 1. The monoisotopic (exact) mass is 420 g/mol. The van der Waals surface area contributed by atoms with E-state index in [9.17, 15) is 4.79 Å². The molecule has 0 aliphatic rings.